The lowest BCUT2D eigenvalue weighted by molar-refractivity contribution is 0.331. The number of benzene rings is 2. The smallest absolute Gasteiger partial charge is 0.0429 e. The largest absolute Gasteiger partial charge is 0.369 e. The minimum absolute atomic E-state index is 0.899. The molecule has 2 nitrogen and oxygen atoms in total. The zero-order valence-electron chi connectivity index (χ0n) is 15.5. The molecule has 0 spiro atoms. The molecule has 0 aliphatic carbocycles. The maximum atomic E-state index is 4.37. The molecule has 0 unspecified atom stereocenters. The molecule has 0 fully saturated rings. The molecule has 2 aromatic rings. The second kappa shape index (κ2) is 8.70. The SMILES string of the molecule is C=C(Cc1cccc(C)c1)N(CCNC)Cc1ccc(C)cc1C. The van der Waals surface area contributed by atoms with Gasteiger partial charge >= 0.3 is 0 Å². The first kappa shape index (κ1) is 18.3. The Kier molecular flexibility index (Phi) is 6.62. The number of rotatable bonds is 8. The Morgan fingerprint density at radius 3 is 2.46 bits per heavy atom. The number of nitrogens with one attached hydrogen (secondary N) is 1. The molecule has 0 saturated heterocycles. The Bertz CT molecular complexity index is 688. The van der Waals surface area contributed by atoms with Crippen LogP contribution < -0.4 is 5.32 Å². The van der Waals surface area contributed by atoms with E-state index in [0.29, 0.717) is 0 Å². The molecule has 0 radical (unpaired) electrons. The second-order valence-corrected chi connectivity index (χ2v) is 6.69. The van der Waals surface area contributed by atoms with E-state index in [-0.39, 0.29) is 0 Å². The molecule has 24 heavy (non-hydrogen) atoms. The van der Waals surface area contributed by atoms with Gasteiger partial charge in [0, 0.05) is 31.8 Å². The molecule has 0 aliphatic rings. The van der Waals surface area contributed by atoms with Gasteiger partial charge in [0.05, 0.1) is 0 Å². The van der Waals surface area contributed by atoms with Crippen LogP contribution in [0.25, 0.3) is 0 Å². The highest BCUT2D eigenvalue weighted by atomic mass is 15.1. The summed E-state index contributed by atoms with van der Waals surface area (Å²) in [5.74, 6) is 0. The van der Waals surface area contributed by atoms with Crippen molar-refractivity contribution in [1.82, 2.24) is 10.2 Å². The zero-order valence-corrected chi connectivity index (χ0v) is 15.5. The fraction of sp³-hybridized carbons (Fsp3) is 0.364. The van der Waals surface area contributed by atoms with Crippen LogP contribution in [0, 0.1) is 20.8 Å². The van der Waals surface area contributed by atoms with Crippen molar-refractivity contribution >= 4 is 0 Å². The van der Waals surface area contributed by atoms with Crippen molar-refractivity contribution in [3.63, 3.8) is 0 Å². The molecule has 2 rings (SSSR count). The van der Waals surface area contributed by atoms with Crippen LogP contribution in [0.2, 0.25) is 0 Å². The number of aryl methyl sites for hydroxylation is 3. The van der Waals surface area contributed by atoms with Crippen LogP contribution in [0.5, 0.6) is 0 Å². The van der Waals surface area contributed by atoms with E-state index in [0.717, 1.165) is 26.1 Å². The van der Waals surface area contributed by atoms with E-state index in [1.807, 2.05) is 7.05 Å². The van der Waals surface area contributed by atoms with Crippen LogP contribution in [0.3, 0.4) is 0 Å². The molecule has 2 heteroatoms. The van der Waals surface area contributed by atoms with Gasteiger partial charge in [0.2, 0.25) is 0 Å². The molecule has 0 heterocycles. The Morgan fingerprint density at radius 1 is 1.04 bits per heavy atom. The summed E-state index contributed by atoms with van der Waals surface area (Å²) < 4.78 is 0. The highest BCUT2D eigenvalue weighted by Gasteiger charge is 2.11. The number of nitrogens with zero attached hydrogens (tertiary/aromatic N) is 1. The highest BCUT2D eigenvalue weighted by molar-refractivity contribution is 5.31. The normalized spacial score (nSPS) is 10.7. The first-order chi connectivity index (χ1) is 11.5. The van der Waals surface area contributed by atoms with Crippen molar-refractivity contribution < 1.29 is 0 Å². The van der Waals surface area contributed by atoms with Gasteiger partial charge in [-0.05, 0) is 44.5 Å². The molecule has 0 aromatic heterocycles. The molecule has 0 amide bonds. The van der Waals surface area contributed by atoms with E-state index >= 15 is 0 Å². The van der Waals surface area contributed by atoms with Gasteiger partial charge in [-0.1, -0.05) is 60.2 Å². The topological polar surface area (TPSA) is 15.3 Å². The second-order valence-electron chi connectivity index (χ2n) is 6.69. The fourth-order valence-corrected chi connectivity index (χ4v) is 2.99. The standard InChI is InChI=1S/C22H30N2/c1-17-7-6-8-21(14-17)15-20(4)24(12-11-23-5)16-22-10-9-18(2)13-19(22)3/h6-10,13-14,23H,4,11-12,15-16H2,1-3,5H3. The van der Waals surface area contributed by atoms with Gasteiger partial charge in [-0.25, -0.2) is 0 Å². The Balaban J connectivity index is 2.12. The van der Waals surface area contributed by atoms with E-state index in [2.05, 4.69) is 80.0 Å². The van der Waals surface area contributed by atoms with Gasteiger partial charge in [-0.2, -0.15) is 0 Å². The van der Waals surface area contributed by atoms with Gasteiger partial charge in [0.1, 0.15) is 0 Å². The van der Waals surface area contributed by atoms with Crippen molar-refractivity contribution in [2.45, 2.75) is 33.7 Å². The zero-order chi connectivity index (χ0) is 17.5. The van der Waals surface area contributed by atoms with Crippen LogP contribution in [0.15, 0.2) is 54.7 Å². The number of allylic oxidation sites excluding steroid dienone is 1. The Labute approximate surface area is 147 Å². The third kappa shape index (κ3) is 5.24. The number of hydrogen-bond acceptors (Lipinski definition) is 2. The first-order valence-corrected chi connectivity index (χ1v) is 8.68. The minimum Gasteiger partial charge on any atom is -0.369 e. The van der Waals surface area contributed by atoms with Crippen LogP contribution in [0.4, 0.5) is 0 Å². The number of likely N-dealkylation sites (N-methyl/N-ethyl adjacent to an activating group) is 1. The van der Waals surface area contributed by atoms with Crippen molar-refractivity contribution in [3.05, 3.63) is 82.6 Å². The van der Waals surface area contributed by atoms with Gasteiger partial charge in [-0.3, -0.25) is 0 Å². The van der Waals surface area contributed by atoms with Crippen molar-refractivity contribution in [1.29, 1.82) is 0 Å². The quantitative estimate of drug-likeness (QED) is 0.775. The maximum Gasteiger partial charge on any atom is 0.0429 e. The third-order valence-electron chi connectivity index (χ3n) is 4.43. The van der Waals surface area contributed by atoms with Crippen LogP contribution in [-0.4, -0.2) is 25.0 Å². The van der Waals surface area contributed by atoms with Crippen LogP contribution in [-0.2, 0) is 13.0 Å². The van der Waals surface area contributed by atoms with Gasteiger partial charge < -0.3 is 10.2 Å². The summed E-state index contributed by atoms with van der Waals surface area (Å²) in [5, 5.41) is 3.25. The predicted octanol–water partition coefficient (Wildman–Crippen LogP) is 4.39. The van der Waals surface area contributed by atoms with E-state index in [9.17, 15) is 0 Å². The van der Waals surface area contributed by atoms with Crippen molar-refractivity contribution in [2.75, 3.05) is 20.1 Å². The predicted molar refractivity (Wildman–Crippen MR) is 104 cm³/mol. The Morgan fingerprint density at radius 2 is 1.79 bits per heavy atom. The van der Waals surface area contributed by atoms with Crippen LogP contribution >= 0.6 is 0 Å². The highest BCUT2D eigenvalue weighted by Crippen LogP contribution is 2.18. The maximum absolute atomic E-state index is 4.37. The van der Waals surface area contributed by atoms with E-state index in [1.165, 1.54) is 33.5 Å². The molecule has 0 bridgehead atoms. The van der Waals surface area contributed by atoms with E-state index < -0.39 is 0 Å². The van der Waals surface area contributed by atoms with Crippen molar-refractivity contribution in [3.8, 4) is 0 Å². The van der Waals surface area contributed by atoms with Gasteiger partial charge in [0.25, 0.3) is 0 Å². The average molecular weight is 322 g/mol. The molecule has 0 saturated carbocycles. The minimum atomic E-state index is 0.899. The first-order valence-electron chi connectivity index (χ1n) is 8.68. The van der Waals surface area contributed by atoms with Crippen molar-refractivity contribution in [2.24, 2.45) is 0 Å². The summed E-state index contributed by atoms with van der Waals surface area (Å²) in [4.78, 5) is 2.40. The molecule has 2 aromatic carbocycles. The summed E-state index contributed by atoms with van der Waals surface area (Å²) >= 11 is 0. The molecular formula is C22H30N2. The molecular weight excluding hydrogens is 292 g/mol. The fourth-order valence-electron chi connectivity index (χ4n) is 2.99. The lowest BCUT2D eigenvalue weighted by atomic mass is 10.0. The van der Waals surface area contributed by atoms with Gasteiger partial charge in [-0.15, -0.1) is 0 Å². The molecule has 128 valence electrons. The summed E-state index contributed by atoms with van der Waals surface area (Å²) in [6.07, 6.45) is 0.899. The summed E-state index contributed by atoms with van der Waals surface area (Å²) in [6, 6.07) is 15.4. The summed E-state index contributed by atoms with van der Waals surface area (Å²) in [6.45, 7) is 13.7. The summed E-state index contributed by atoms with van der Waals surface area (Å²) in [7, 11) is 2.00. The number of hydrogen-bond donors (Lipinski definition) is 1. The van der Waals surface area contributed by atoms with Gasteiger partial charge in [0.15, 0.2) is 0 Å². The lowest BCUT2D eigenvalue weighted by Crippen LogP contribution is -2.30. The lowest BCUT2D eigenvalue weighted by Gasteiger charge is -2.28. The Hall–Kier alpha value is -2.06. The van der Waals surface area contributed by atoms with E-state index in [1.54, 1.807) is 0 Å². The third-order valence-corrected chi connectivity index (χ3v) is 4.43. The molecule has 0 aliphatic heterocycles. The molecule has 1 N–H and O–H groups in total. The van der Waals surface area contributed by atoms with Crippen LogP contribution in [0.1, 0.15) is 27.8 Å². The monoisotopic (exact) mass is 322 g/mol. The molecule has 0 atom stereocenters. The average Bonchev–Trinajstić information content (AvgIpc) is 2.53. The van der Waals surface area contributed by atoms with E-state index in [4.69, 9.17) is 0 Å². The summed E-state index contributed by atoms with van der Waals surface area (Å²) in [5.41, 5.74) is 7.86.